The average molecular weight is 198 g/mol. The van der Waals surface area contributed by atoms with Crippen molar-refractivity contribution in [3.05, 3.63) is 23.8 Å². The summed E-state index contributed by atoms with van der Waals surface area (Å²) in [7, 11) is -1.75. The summed E-state index contributed by atoms with van der Waals surface area (Å²) in [6, 6.07) is 5.53. The third-order valence-corrected chi connectivity index (χ3v) is 2.34. The van der Waals surface area contributed by atoms with Crippen molar-refractivity contribution in [1.29, 1.82) is 0 Å². The second-order valence-corrected chi connectivity index (χ2v) is 3.46. The second kappa shape index (κ2) is 4.55. The zero-order valence-corrected chi connectivity index (χ0v) is 8.34. The van der Waals surface area contributed by atoms with Crippen LogP contribution in [0.3, 0.4) is 0 Å². The molecule has 0 fully saturated rings. The van der Waals surface area contributed by atoms with Gasteiger partial charge in [0.25, 0.3) is 0 Å². The van der Waals surface area contributed by atoms with Crippen LogP contribution in [-0.2, 0) is 0 Å². The van der Waals surface area contributed by atoms with E-state index in [1.54, 1.807) is 17.8 Å². The van der Waals surface area contributed by atoms with Crippen LogP contribution in [-0.4, -0.2) is 23.6 Å². The van der Waals surface area contributed by atoms with Crippen LogP contribution in [0, 0.1) is 6.92 Å². The molecule has 0 atom stereocenters. The van der Waals surface area contributed by atoms with Crippen molar-refractivity contribution in [2.24, 2.45) is 0 Å². The molecule has 5 heteroatoms. The molecule has 0 saturated carbocycles. The fraction of sp³-hybridized carbons (Fsp3) is 0.250. The summed E-state index contributed by atoms with van der Waals surface area (Å²) >= 11 is 1.63. The monoisotopic (exact) mass is 198 g/mol. The van der Waals surface area contributed by atoms with E-state index < -0.39 is 7.32 Å². The van der Waals surface area contributed by atoms with Gasteiger partial charge < -0.3 is 14.7 Å². The van der Waals surface area contributed by atoms with Crippen molar-refractivity contribution in [2.75, 3.05) is 6.26 Å². The van der Waals surface area contributed by atoms with Crippen molar-refractivity contribution in [3.8, 4) is 5.75 Å². The fourth-order valence-electron chi connectivity index (χ4n) is 0.995. The number of thioether (sulfide) groups is 1. The fourth-order valence-corrected chi connectivity index (χ4v) is 1.49. The number of hydrogen-bond donors (Lipinski definition) is 2. The summed E-state index contributed by atoms with van der Waals surface area (Å²) < 4.78 is 4.75. The molecule has 1 aromatic carbocycles. The molecule has 13 heavy (non-hydrogen) atoms. The van der Waals surface area contributed by atoms with Gasteiger partial charge in [-0.25, -0.2) is 0 Å². The van der Waals surface area contributed by atoms with Crippen molar-refractivity contribution in [1.82, 2.24) is 0 Å². The minimum absolute atomic E-state index is 0.493. The SMILES string of the molecule is CSc1ccc(OB(O)O)c(C)c1. The Morgan fingerprint density at radius 3 is 2.54 bits per heavy atom. The van der Waals surface area contributed by atoms with E-state index in [1.165, 1.54) is 0 Å². The molecule has 0 aliphatic carbocycles. The number of benzene rings is 1. The Bertz CT molecular complexity index is 291. The molecule has 0 spiro atoms. The molecule has 0 aromatic heterocycles. The standard InChI is InChI=1S/C8H11BO3S/c1-6-5-7(13-2)3-4-8(6)12-9(10)11/h3-5,10-11H,1-2H3. The number of aryl methyl sites for hydroxylation is 1. The highest BCUT2D eigenvalue weighted by atomic mass is 32.2. The molecule has 0 amide bonds. The Labute approximate surface area is 81.9 Å². The smallest absolute Gasteiger partial charge is 0.512 e. The van der Waals surface area contributed by atoms with Crippen LogP contribution < -0.4 is 4.65 Å². The average Bonchev–Trinajstić information content (AvgIpc) is 2.08. The molecular formula is C8H11BO3S. The Kier molecular flexibility index (Phi) is 3.65. The Morgan fingerprint density at radius 2 is 2.08 bits per heavy atom. The van der Waals surface area contributed by atoms with Gasteiger partial charge in [0, 0.05) is 4.90 Å². The van der Waals surface area contributed by atoms with Crippen LogP contribution in [0.25, 0.3) is 0 Å². The highest BCUT2D eigenvalue weighted by Gasteiger charge is 2.12. The summed E-state index contributed by atoms with van der Waals surface area (Å²) in [5.74, 6) is 0.493. The zero-order valence-electron chi connectivity index (χ0n) is 7.52. The van der Waals surface area contributed by atoms with Crippen molar-refractivity contribution in [2.45, 2.75) is 11.8 Å². The quantitative estimate of drug-likeness (QED) is 0.563. The largest absolute Gasteiger partial charge is 0.707 e. The van der Waals surface area contributed by atoms with Crippen LogP contribution in [0.15, 0.2) is 23.1 Å². The zero-order chi connectivity index (χ0) is 9.84. The summed E-state index contributed by atoms with van der Waals surface area (Å²) in [5, 5.41) is 17.2. The van der Waals surface area contributed by atoms with E-state index in [4.69, 9.17) is 14.7 Å². The predicted octanol–water partition coefficient (Wildman–Crippen LogP) is 1.07. The summed E-state index contributed by atoms with van der Waals surface area (Å²) in [4.78, 5) is 1.12. The Balaban J connectivity index is 2.85. The first-order valence-electron chi connectivity index (χ1n) is 3.81. The minimum atomic E-state index is -1.75. The Hall–Kier alpha value is -0.645. The molecular weight excluding hydrogens is 187 g/mol. The molecule has 0 radical (unpaired) electrons. The van der Waals surface area contributed by atoms with Gasteiger partial charge in [-0.05, 0) is 36.9 Å². The first kappa shape index (κ1) is 10.4. The lowest BCUT2D eigenvalue weighted by molar-refractivity contribution is 0.287. The van der Waals surface area contributed by atoms with Gasteiger partial charge in [0.1, 0.15) is 5.75 Å². The van der Waals surface area contributed by atoms with Gasteiger partial charge in [0.2, 0.25) is 0 Å². The maximum absolute atomic E-state index is 8.58. The lowest BCUT2D eigenvalue weighted by Crippen LogP contribution is -2.20. The van der Waals surface area contributed by atoms with E-state index in [0.29, 0.717) is 5.75 Å². The molecule has 0 bridgehead atoms. The molecule has 0 saturated heterocycles. The predicted molar refractivity (Wildman–Crippen MR) is 53.8 cm³/mol. The van der Waals surface area contributed by atoms with Gasteiger partial charge in [-0.15, -0.1) is 11.8 Å². The normalized spacial score (nSPS) is 9.85. The van der Waals surface area contributed by atoms with Gasteiger partial charge in [0.05, 0.1) is 0 Å². The highest BCUT2D eigenvalue weighted by molar-refractivity contribution is 7.98. The lowest BCUT2D eigenvalue weighted by Gasteiger charge is -2.08. The van der Waals surface area contributed by atoms with Gasteiger partial charge >= 0.3 is 7.32 Å². The molecule has 0 aliphatic rings. The Morgan fingerprint density at radius 1 is 1.38 bits per heavy atom. The van der Waals surface area contributed by atoms with E-state index in [2.05, 4.69) is 0 Å². The topological polar surface area (TPSA) is 49.7 Å². The van der Waals surface area contributed by atoms with Crippen LogP contribution in [0.4, 0.5) is 0 Å². The van der Waals surface area contributed by atoms with Crippen molar-refractivity contribution in [3.63, 3.8) is 0 Å². The van der Waals surface area contributed by atoms with Crippen molar-refractivity contribution < 1.29 is 14.7 Å². The van der Waals surface area contributed by atoms with Crippen molar-refractivity contribution >= 4 is 19.1 Å². The molecule has 0 heterocycles. The molecule has 0 aliphatic heterocycles. The van der Waals surface area contributed by atoms with Gasteiger partial charge in [-0.1, -0.05) is 0 Å². The van der Waals surface area contributed by atoms with Gasteiger partial charge in [-0.3, -0.25) is 0 Å². The first-order valence-corrected chi connectivity index (χ1v) is 5.03. The highest BCUT2D eigenvalue weighted by Crippen LogP contribution is 2.23. The van der Waals surface area contributed by atoms with Crippen LogP contribution >= 0.6 is 11.8 Å². The number of hydrogen-bond acceptors (Lipinski definition) is 4. The molecule has 1 rings (SSSR count). The molecule has 1 aromatic rings. The van der Waals surface area contributed by atoms with E-state index in [1.807, 2.05) is 25.3 Å². The summed E-state index contributed by atoms with van der Waals surface area (Å²) in [6.45, 7) is 1.86. The van der Waals surface area contributed by atoms with E-state index in [0.717, 1.165) is 10.5 Å². The third-order valence-electron chi connectivity index (χ3n) is 1.61. The summed E-state index contributed by atoms with van der Waals surface area (Å²) in [5.41, 5.74) is 0.889. The van der Waals surface area contributed by atoms with E-state index in [9.17, 15) is 0 Å². The molecule has 2 N–H and O–H groups in total. The van der Waals surface area contributed by atoms with Gasteiger partial charge in [0.15, 0.2) is 0 Å². The third kappa shape index (κ3) is 2.95. The lowest BCUT2D eigenvalue weighted by atomic mass is 10.2. The van der Waals surface area contributed by atoms with Crippen LogP contribution in [0.1, 0.15) is 5.56 Å². The number of rotatable bonds is 3. The van der Waals surface area contributed by atoms with Crippen LogP contribution in [0.5, 0.6) is 5.75 Å². The van der Waals surface area contributed by atoms with Gasteiger partial charge in [-0.2, -0.15) is 0 Å². The first-order chi connectivity index (χ1) is 6.13. The summed E-state index contributed by atoms with van der Waals surface area (Å²) in [6.07, 6.45) is 1.98. The molecule has 3 nitrogen and oxygen atoms in total. The van der Waals surface area contributed by atoms with E-state index in [-0.39, 0.29) is 0 Å². The minimum Gasteiger partial charge on any atom is -0.512 e. The molecule has 70 valence electrons. The van der Waals surface area contributed by atoms with Crippen LogP contribution in [0.2, 0.25) is 0 Å². The maximum atomic E-state index is 8.58. The second-order valence-electron chi connectivity index (χ2n) is 2.58. The van der Waals surface area contributed by atoms with E-state index >= 15 is 0 Å². The maximum Gasteiger partial charge on any atom is 0.707 e. The molecule has 0 unspecified atom stereocenters.